The molecule has 0 fully saturated rings. The molecule has 0 spiro atoms. The highest BCUT2D eigenvalue weighted by molar-refractivity contribution is 5.78. The van der Waals surface area contributed by atoms with Crippen molar-refractivity contribution in [1.82, 2.24) is 5.32 Å². The Balaban J connectivity index is 2.09. The second kappa shape index (κ2) is 9.71. The SMILES string of the molecule is CC(C)(C)c1ccc(OCC(=O)NC(CO)C(O)c2ccc(N)cc2)c(C(C)(C)C)c1. The number of ether oxygens (including phenoxy) is 1. The summed E-state index contributed by atoms with van der Waals surface area (Å²) in [5.41, 5.74) is 8.86. The number of aliphatic hydroxyl groups is 2. The lowest BCUT2D eigenvalue weighted by atomic mass is 9.80. The highest BCUT2D eigenvalue weighted by Gasteiger charge is 2.25. The van der Waals surface area contributed by atoms with E-state index in [-0.39, 0.29) is 17.4 Å². The molecule has 31 heavy (non-hydrogen) atoms. The summed E-state index contributed by atoms with van der Waals surface area (Å²) in [6.07, 6.45) is -1.06. The third-order valence-corrected chi connectivity index (χ3v) is 5.21. The van der Waals surface area contributed by atoms with Crippen LogP contribution in [0.2, 0.25) is 0 Å². The van der Waals surface area contributed by atoms with Crippen molar-refractivity contribution in [1.29, 1.82) is 0 Å². The first-order chi connectivity index (χ1) is 14.3. The molecule has 0 aliphatic heterocycles. The highest BCUT2D eigenvalue weighted by atomic mass is 16.5. The normalized spacial score (nSPS) is 14.1. The number of rotatable bonds is 7. The van der Waals surface area contributed by atoms with Gasteiger partial charge in [-0.3, -0.25) is 4.79 Å². The molecular weight excluding hydrogens is 392 g/mol. The van der Waals surface area contributed by atoms with Gasteiger partial charge in [0.05, 0.1) is 12.6 Å². The van der Waals surface area contributed by atoms with E-state index in [1.807, 2.05) is 12.1 Å². The third kappa shape index (κ3) is 6.71. The number of carbonyl (C=O) groups excluding carboxylic acids is 1. The fourth-order valence-electron chi connectivity index (χ4n) is 3.25. The zero-order valence-corrected chi connectivity index (χ0v) is 19.4. The van der Waals surface area contributed by atoms with Crippen molar-refractivity contribution in [2.45, 2.75) is 64.5 Å². The highest BCUT2D eigenvalue weighted by Crippen LogP contribution is 2.35. The Labute approximate surface area is 185 Å². The van der Waals surface area contributed by atoms with Crippen molar-refractivity contribution >= 4 is 11.6 Å². The fourth-order valence-corrected chi connectivity index (χ4v) is 3.25. The van der Waals surface area contributed by atoms with Crippen LogP contribution in [0.5, 0.6) is 5.75 Å². The number of amides is 1. The number of nitrogens with one attached hydrogen (secondary N) is 1. The molecule has 0 aliphatic rings. The quantitative estimate of drug-likeness (QED) is 0.506. The summed E-state index contributed by atoms with van der Waals surface area (Å²) in [5, 5.41) is 22.8. The van der Waals surface area contributed by atoms with Crippen molar-refractivity contribution in [2.75, 3.05) is 18.9 Å². The number of hydrogen-bond acceptors (Lipinski definition) is 5. The van der Waals surface area contributed by atoms with Gasteiger partial charge in [0.2, 0.25) is 0 Å². The molecule has 2 aromatic rings. The molecule has 0 bridgehead atoms. The maximum atomic E-state index is 12.5. The lowest BCUT2D eigenvalue weighted by Crippen LogP contribution is -2.44. The van der Waals surface area contributed by atoms with E-state index in [1.165, 1.54) is 5.56 Å². The van der Waals surface area contributed by atoms with Crippen LogP contribution >= 0.6 is 0 Å². The van der Waals surface area contributed by atoms with Crippen LogP contribution in [0.3, 0.4) is 0 Å². The first kappa shape index (κ1) is 24.7. The van der Waals surface area contributed by atoms with Gasteiger partial charge in [0, 0.05) is 5.69 Å². The average Bonchev–Trinajstić information content (AvgIpc) is 2.69. The van der Waals surface area contributed by atoms with E-state index in [9.17, 15) is 15.0 Å². The first-order valence-electron chi connectivity index (χ1n) is 10.5. The minimum atomic E-state index is -1.06. The van der Waals surface area contributed by atoms with Gasteiger partial charge in [-0.05, 0) is 45.7 Å². The Kier molecular flexibility index (Phi) is 7.73. The van der Waals surface area contributed by atoms with E-state index in [4.69, 9.17) is 10.5 Å². The predicted octanol–water partition coefficient (Wildman–Crippen LogP) is 3.45. The number of benzene rings is 2. The van der Waals surface area contributed by atoms with Gasteiger partial charge in [-0.1, -0.05) is 65.8 Å². The summed E-state index contributed by atoms with van der Waals surface area (Å²) in [5.74, 6) is 0.226. The Bertz CT molecular complexity index is 880. The second-order valence-electron chi connectivity index (χ2n) is 9.97. The molecule has 6 heteroatoms. The smallest absolute Gasteiger partial charge is 0.258 e. The van der Waals surface area contributed by atoms with Crippen LogP contribution in [0, 0.1) is 0 Å². The molecule has 0 radical (unpaired) electrons. The third-order valence-electron chi connectivity index (χ3n) is 5.21. The fraction of sp³-hybridized carbons (Fsp3) is 0.480. The van der Waals surface area contributed by atoms with E-state index in [0.29, 0.717) is 17.0 Å². The molecule has 2 unspecified atom stereocenters. The van der Waals surface area contributed by atoms with Gasteiger partial charge in [0.1, 0.15) is 11.9 Å². The topological polar surface area (TPSA) is 105 Å². The molecule has 6 nitrogen and oxygen atoms in total. The Morgan fingerprint density at radius 2 is 1.65 bits per heavy atom. The number of aliphatic hydroxyl groups excluding tert-OH is 2. The maximum Gasteiger partial charge on any atom is 0.258 e. The summed E-state index contributed by atoms with van der Waals surface area (Å²) in [6, 6.07) is 11.8. The summed E-state index contributed by atoms with van der Waals surface area (Å²) in [4.78, 5) is 12.5. The van der Waals surface area contributed by atoms with Gasteiger partial charge < -0.3 is 26.0 Å². The Morgan fingerprint density at radius 3 is 2.16 bits per heavy atom. The molecule has 1 amide bonds. The minimum absolute atomic E-state index is 0.00247. The number of nitrogens with two attached hydrogens (primary N) is 1. The standard InChI is InChI=1S/C25H36N2O4/c1-24(2,3)17-9-12-21(19(13-17)25(4,5)6)31-15-22(29)27-20(14-28)23(30)16-7-10-18(26)11-8-16/h7-13,20,23,28,30H,14-15,26H2,1-6H3,(H,27,29). The molecule has 2 atom stereocenters. The van der Waals surface area contributed by atoms with Crippen LogP contribution < -0.4 is 15.8 Å². The molecule has 0 aliphatic carbocycles. The Hall–Kier alpha value is -2.57. The lowest BCUT2D eigenvalue weighted by Gasteiger charge is -2.27. The van der Waals surface area contributed by atoms with Gasteiger partial charge in [0.25, 0.3) is 5.91 Å². The molecule has 0 saturated carbocycles. The lowest BCUT2D eigenvalue weighted by molar-refractivity contribution is -0.125. The van der Waals surface area contributed by atoms with Crippen LogP contribution in [-0.2, 0) is 15.6 Å². The molecule has 2 rings (SSSR count). The number of nitrogen functional groups attached to an aromatic ring is 1. The molecule has 0 saturated heterocycles. The summed E-state index contributed by atoms with van der Waals surface area (Å²) in [7, 11) is 0. The number of anilines is 1. The Morgan fingerprint density at radius 1 is 1.03 bits per heavy atom. The van der Waals surface area contributed by atoms with Crippen molar-refractivity contribution in [3.05, 3.63) is 59.2 Å². The van der Waals surface area contributed by atoms with E-state index >= 15 is 0 Å². The average molecular weight is 429 g/mol. The molecular formula is C25H36N2O4. The van der Waals surface area contributed by atoms with Crippen molar-refractivity contribution in [3.63, 3.8) is 0 Å². The summed E-state index contributed by atoms with van der Waals surface area (Å²) in [6.45, 7) is 12.2. The van der Waals surface area contributed by atoms with E-state index in [1.54, 1.807) is 24.3 Å². The van der Waals surface area contributed by atoms with Crippen LogP contribution in [0.15, 0.2) is 42.5 Å². The van der Waals surface area contributed by atoms with Crippen molar-refractivity contribution in [3.8, 4) is 5.75 Å². The summed E-state index contributed by atoms with van der Waals surface area (Å²) >= 11 is 0. The summed E-state index contributed by atoms with van der Waals surface area (Å²) < 4.78 is 5.85. The van der Waals surface area contributed by atoms with E-state index < -0.39 is 24.7 Å². The van der Waals surface area contributed by atoms with Crippen LogP contribution in [-0.4, -0.2) is 35.4 Å². The van der Waals surface area contributed by atoms with Crippen LogP contribution in [0.1, 0.15) is 64.3 Å². The molecule has 2 aromatic carbocycles. The van der Waals surface area contributed by atoms with Crippen molar-refractivity contribution < 1.29 is 19.7 Å². The number of carbonyl (C=O) groups is 1. The second-order valence-corrected chi connectivity index (χ2v) is 9.97. The first-order valence-corrected chi connectivity index (χ1v) is 10.5. The molecule has 0 heterocycles. The van der Waals surface area contributed by atoms with E-state index in [0.717, 1.165) is 5.56 Å². The minimum Gasteiger partial charge on any atom is -0.483 e. The van der Waals surface area contributed by atoms with E-state index in [2.05, 4.69) is 52.9 Å². The van der Waals surface area contributed by atoms with Gasteiger partial charge in [-0.15, -0.1) is 0 Å². The van der Waals surface area contributed by atoms with Crippen LogP contribution in [0.25, 0.3) is 0 Å². The van der Waals surface area contributed by atoms with Gasteiger partial charge >= 0.3 is 0 Å². The maximum absolute atomic E-state index is 12.5. The zero-order valence-electron chi connectivity index (χ0n) is 19.4. The van der Waals surface area contributed by atoms with Crippen molar-refractivity contribution in [2.24, 2.45) is 0 Å². The number of hydrogen-bond donors (Lipinski definition) is 4. The van der Waals surface area contributed by atoms with Gasteiger partial charge in [-0.25, -0.2) is 0 Å². The van der Waals surface area contributed by atoms with Gasteiger partial charge in [-0.2, -0.15) is 0 Å². The molecule has 0 aromatic heterocycles. The zero-order chi connectivity index (χ0) is 23.4. The predicted molar refractivity (Wildman–Crippen MR) is 124 cm³/mol. The molecule has 5 N–H and O–H groups in total. The largest absolute Gasteiger partial charge is 0.483 e. The van der Waals surface area contributed by atoms with Crippen LogP contribution in [0.4, 0.5) is 5.69 Å². The molecule has 170 valence electrons. The van der Waals surface area contributed by atoms with Gasteiger partial charge in [0.15, 0.2) is 6.61 Å². The monoisotopic (exact) mass is 428 g/mol.